The predicted octanol–water partition coefficient (Wildman–Crippen LogP) is 0.217. The van der Waals surface area contributed by atoms with Gasteiger partial charge in [-0.3, -0.25) is 24.4 Å². The van der Waals surface area contributed by atoms with E-state index >= 15 is 0 Å². The van der Waals surface area contributed by atoms with Crippen molar-refractivity contribution in [1.29, 1.82) is 0 Å². The van der Waals surface area contributed by atoms with E-state index in [1.165, 1.54) is 6.08 Å². The van der Waals surface area contributed by atoms with Gasteiger partial charge < -0.3 is 15.2 Å². The number of carbonyl (C=O) groups is 2. The molecule has 0 radical (unpaired) electrons. The molecule has 0 saturated carbocycles. The van der Waals surface area contributed by atoms with Crippen LogP contribution < -0.4 is 21.3 Å². The van der Waals surface area contributed by atoms with Gasteiger partial charge >= 0.3 is 5.69 Å². The van der Waals surface area contributed by atoms with Crippen LogP contribution in [0.2, 0.25) is 0 Å². The Morgan fingerprint density at radius 2 is 1.93 bits per heavy atom. The van der Waals surface area contributed by atoms with Gasteiger partial charge in [0.25, 0.3) is 11.5 Å². The highest BCUT2D eigenvalue weighted by atomic mass is 16.5. The van der Waals surface area contributed by atoms with E-state index in [4.69, 9.17) is 4.74 Å². The first-order valence-corrected chi connectivity index (χ1v) is 7.49. The predicted molar refractivity (Wildman–Crippen MR) is 93.9 cm³/mol. The van der Waals surface area contributed by atoms with E-state index in [-0.39, 0.29) is 0 Å². The summed E-state index contributed by atoms with van der Waals surface area (Å²) in [6.07, 6.45) is 2.77. The number of aromatic amines is 2. The van der Waals surface area contributed by atoms with Crippen LogP contribution in [0, 0.1) is 0 Å². The highest BCUT2D eigenvalue weighted by Crippen LogP contribution is 2.15. The number of aromatic nitrogens is 2. The Labute approximate surface area is 151 Å². The largest absolute Gasteiger partial charge is 0.497 e. The second kappa shape index (κ2) is 8.89. The topological polar surface area (TPSA) is 166 Å². The second-order valence-corrected chi connectivity index (χ2v) is 5.02. The third-order valence-electron chi connectivity index (χ3n) is 3.12. The van der Waals surface area contributed by atoms with Crippen molar-refractivity contribution in [3.05, 3.63) is 56.7 Å². The Kier molecular flexibility index (Phi) is 6.36. The first-order valence-electron chi connectivity index (χ1n) is 7.49. The maximum atomic E-state index is 11.7. The van der Waals surface area contributed by atoms with E-state index in [2.05, 4.69) is 15.5 Å². The molecule has 0 aliphatic heterocycles. The molecule has 0 aliphatic rings. The summed E-state index contributed by atoms with van der Waals surface area (Å²) < 4.78 is 5.02. The van der Waals surface area contributed by atoms with Crippen LogP contribution in [0.1, 0.15) is 5.56 Å². The van der Waals surface area contributed by atoms with Crippen molar-refractivity contribution in [1.82, 2.24) is 15.3 Å². The molecular weight excluding hydrogens is 358 g/mol. The number of methoxy groups -OCH3 is 1. The van der Waals surface area contributed by atoms with E-state index in [9.17, 15) is 24.3 Å². The van der Waals surface area contributed by atoms with Crippen LogP contribution in [-0.2, 0) is 9.59 Å². The fourth-order valence-corrected chi connectivity index (χ4v) is 1.81. The quantitative estimate of drug-likeness (QED) is 0.417. The average Bonchev–Trinajstić information content (AvgIpc) is 2.64. The van der Waals surface area contributed by atoms with E-state index in [1.54, 1.807) is 37.5 Å². The molecule has 0 saturated heterocycles. The lowest BCUT2D eigenvalue weighted by Gasteiger charge is -2.00. The zero-order chi connectivity index (χ0) is 19.8. The zero-order valence-corrected chi connectivity index (χ0v) is 14.1. The Morgan fingerprint density at radius 3 is 2.56 bits per heavy atom. The third kappa shape index (κ3) is 5.77. The van der Waals surface area contributed by atoms with Crippen LogP contribution in [0.25, 0.3) is 6.08 Å². The highest BCUT2D eigenvalue weighted by molar-refractivity contribution is 5.94. The number of aromatic hydroxyl groups is 1. The molecule has 0 spiro atoms. The summed E-state index contributed by atoms with van der Waals surface area (Å²) >= 11 is 0. The van der Waals surface area contributed by atoms with Crippen LogP contribution >= 0.6 is 0 Å². The normalized spacial score (nSPS) is 11.0. The molecule has 2 rings (SSSR count). The molecule has 1 aromatic heterocycles. The Balaban J connectivity index is 1.89. The number of ether oxygens (including phenoxy) is 1. The van der Waals surface area contributed by atoms with Gasteiger partial charge in [-0.2, -0.15) is 0 Å². The number of H-pyrrole nitrogens is 2. The van der Waals surface area contributed by atoms with Crippen molar-refractivity contribution < 1.29 is 19.4 Å². The van der Waals surface area contributed by atoms with Gasteiger partial charge in [0, 0.05) is 6.08 Å². The number of azo groups is 1. The number of hydrogen-bond donors (Lipinski definition) is 4. The first-order chi connectivity index (χ1) is 12.9. The van der Waals surface area contributed by atoms with Gasteiger partial charge in [-0.05, 0) is 23.8 Å². The molecule has 27 heavy (non-hydrogen) atoms. The van der Waals surface area contributed by atoms with Crippen LogP contribution in [0.15, 0.2) is 50.2 Å². The van der Waals surface area contributed by atoms with Gasteiger partial charge in [0.2, 0.25) is 17.5 Å². The van der Waals surface area contributed by atoms with Gasteiger partial charge in [0.15, 0.2) is 0 Å². The maximum Gasteiger partial charge on any atom is 0.328 e. The molecule has 0 atom stereocenters. The third-order valence-corrected chi connectivity index (χ3v) is 3.12. The lowest BCUT2D eigenvalue weighted by molar-refractivity contribution is -0.122. The Bertz CT molecular complexity index is 1000. The van der Waals surface area contributed by atoms with E-state index in [1.807, 2.05) is 9.97 Å². The molecular formula is C16H15N5O6. The van der Waals surface area contributed by atoms with E-state index in [0.29, 0.717) is 5.75 Å². The van der Waals surface area contributed by atoms with Crippen LogP contribution in [-0.4, -0.2) is 40.5 Å². The lowest BCUT2D eigenvalue weighted by Crippen LogP contribution is -2.26. The molecule has 140 valence electrons. The fourth-order valence-electron chi connectivity index (χ4n) is 1.81. The minimum absolute atomic E-state index is 0.475. The molecule has 11 heteroatoms. The summed E-state index contributed by atoms with van der Waals surface area (Å²) in [7, 11) is 1.54. The Hall–Kier alpha value is -4.02. The minimum atomic E-state index is -1.01. The summed E-state index contributed by atoms with van der Waals surface area (Å²) in [6.45, 7) is -0.475. The molecule has 0 bridgehead atoms. The van der Waals surface area contributed by atoms with Gasteiger partial charge in [0.05, 0.1) is 7.11 Å². The minimum Gasteiger partial charge on any atom is -0.497 e. The molecule has 2 amide bonds. The smallest absolute Gasteiger partial charge is 0.328 e. The average molecular weight is 373 g/mol. The maximum absolute atomic E-state index is 11.7. The molecule has 0 unspecified atom stereocenters. The van der Waals surface area contributed by atoms with Crippen molar-refractivity contribution in [3.8, 4) is 11.6 Å². The van der Waals surface area contributed by atoms with Crippen molar-refractivity contribution in [2.24, 2.45) is 10.2 Å². The number of nitrogens with one attached hydrogen (secondary N) is 3. The van der Waals surface area contributed by atoms with Crippen molar-refractivity contribution >= 4 is 23.6 Å². The summed E-state index contributed by atoms with van der Waals surface area (Å²) in [5, 5.41) is 18.1. The van der Waals surface area contributed by atoms with Gasteiger partial charge in [-0.15, -0.1) is 10.2 Å². The van der Waals surface area contributed by atoms with Crippen LogP contribution in [0.5, 0.6) is 11.6 Å². The molecule has 0 aliphatic carbocycles. The first kappa shape index (κ1) is 19.3. The number of hydrogen-bond acceptors (Lipinski definition) is 7. The number of carbonyl (C=O) groups excluding carboxylic acids is 2. The van der Waals surface area contributed by atoms with Crippen molar-refractivity contribution in [3.63, 3.8) is 0 Å². The van der Waals surface area contributed by atoms with Crippen LogP contribution in [0.3, 0.4) is 0 Å². The number of rotatable bonds is 6. The fraction of sp³-hybridized carbons (Fsp3) is 0.125. The number of nitrogens with zero attached hydrogens (tertiary/aromatic N) is 2. The van der Waals surface area contributed by atoms with Crippen molar-refractivity contribution in [2.75, 3.05) is 13.7 Å². The van der Waals surface area contributed by atoms with Crippen LogP contribution in [0.4, 0.5) is 5.69 Å². The standard InChI is InChI=1S/C16H15N5O6/c1-27-10-5-2-9(3-6-10)4-7-11(22)17-8-12(23)20-21-13-14(24)18-16(26)19-15(13)25/h2-7H,8H2,1H3,(H,17,22)(H3,18,19,24,25,26). The van der Waals surface area contributed by atoms with E-state index < -0.39 is 41.2 Å². The van der Waals surface area contributed by atoms with Gasteiger partial charge in [-0.1, -0.05) is 12.1 Å². The molecule has 4 N–H and O–H groups in total. The molecule has 1 heterocycles. The monoisotopic (exact) mass is 373 g/mol. The lowest BCUT2D eigenvalue weighted by atomic mass is 10.2. The number of benzene rings is 1. The molecule has 0 fully saturated rings. The van der Waals surface area contributed by atoms with Gasteiger partial charge in [-0.25, -0.2) is 4.79 Å². The summed E-state index contributed by atoms with van der Waals surface area (Å²) in [4.78, 5) is 49.3. The van der Waals surface area contributed by atoms with Gasteiger partial charge in [0.1, 0.15) is 12.3 Å². The molecule has 2 aromatic rings. The second-order valence-electron chi connectivity index (χ2n) is 5.02. The van der Waals surface area contributed by atoms with Crippen molar-refractivity contribution in [2.45, 2.75) is 0 Å². The molecule has 1 aromatic carbocycles. The molecule has 11 nitrogen and oxygen atoms in total. The number of amides is 2. The summed E-state index contributed by atoms with van der Waals surface area (Å²) in [5.41, 5.74) is -1.82. The zero-order valence-electron chi connectivity index (χ0n) is 14.1. The summed E-state index contributed by atoms with van der Waals surface area (Å²) in [5.74, 6) is -1.56. The van der Waals surface area contributed by atoms with E-state index in [0.717, 1.165) is 5.56 Å². The highest BCUT2D eigenvalue weighted by Gasteiger charge is 2.08. The summed E-state index contributed by atoms with van der Waals surface area (Å²) in [6, 6.07) is 6.96. The SMILES string of the molecule is COc1ccc(C=CC(=O)NCC(=O)N=Nc2c(O)[nH]c(=O)[nH]c2=O)cc1. The Morgan fingerprint density at radius 1 is 1.22 bits per heavy atom.